The summed E-state index contributed by atoms with van der Waals surface area (Å²) in [5.41, 5.74) is 2.25. The molecule has 17 heavy (non-hydrogen) atoms. The highest BCUT2D eigenvalue weighted by Gasteiger charge is 2.24. The van der Waals surface area contributed by atoms with E-state index in [1.54, 1.807) is 0 Å². The van der Waals surface area contributed by atoms with Crippen molar-refractivity contribution in [2.45, 2.75) is 57.8 Å². The van der Waals surface area contributed by atoms with E-state index in [4.69, 9.17) is 5.11 Å². The summed E-state index contributed by atoms with van der Waals surface area (Å²) in [5, 5.41) is 8.81. The van der Waals surface area contributed by atoms with Crippen molar-refractivity contribution in [1.82, 2.24) is 9.97 Å². The van der Waals surface area contributed by atoms with Crippen LogP contribution in [-0.4, -0.2) is 21.0 Å². The highest BCUT2D eigenvalue weighted by atomic mass is 16.4. The lowest BCUT2D eigenvalue weighted by Crippen LogP contribution is -2.02. The number of H-pyrrole nitrogens is 1. The summed E-state index contributed by atoms with van der Waals surface area (Å²) in [5.74, 6) is 0.682. The van der Waals surface area contributed by atoms with Gasteiger partial charge in [0.1, 0.15) is 12.2 Å². The molecular formula is C13H20N2O2. The van der Waals surface area contributed by atoms with Gasteiger partial charge in [0.05, 0.1) is 5.69 Å². The maximum atomic E-state index is 10.7. The average Bonchev–Trinajstić information content (AvgIpc) is 2.82. The smallest absolute Gasteiger partial charge is 0.311 e. The normalized spacial score (nSPS) is 16.9. The zero-order chi connectivity index (χ0) is 12.4. The van der Waals surface area contributed by atoms with Gasteiger partial charge >= 0.3 is 5.97 Å². The SMILES string of the molecule is CC(C)c1nc(CC(=O)O)[nH]c1C1CCCC1. The van der Waals surface area contributed by atoms with Gasteiger partial charge in [-0.25, -0.2) is 4.98 Å². The Morgan fingerprint density at radius 2 is 2.12 bits per heavy atom. The Morgan fingerprint density at radius 3 is 2.65 bits per heavy atom. The van der Waals surface area contributed by atoms with Gasteiger partial charge in [0.2, 0.25) is 0 Å². The highest BCUT2D eigenvalue weighted by Crippen LogP contribution is 2.36. The molecule has 4 heteroatoms. The molecule has 0 aliphatic heterocycles. The molecule has 94 valence electrons. The largest absolute Gasteiger partial charge is 0.481 e. The minimum absolute atomic E-state index is 0.00750. The minimum Gasteiger partial charge on any atom is -0.481 e. The molecule has 1 aromatic heterocycles. The number of carboxylic acid groups (broad SMARTS) is 1. The summed E-state index contributed by atoms with van der Waals surface area (Å²) in [4.78, 5) is 18.4. The van der Waals surface area contributed by atoms with Crippen molar-refractivity contribution in [1.29, 1.82) is 0 Å². The van der Waals surface area contributed by atoms with Gasteiger partial charge in [-0.05, 0) is 18.8 Å². The lowest BCUT2D eigenvalue weighted by molar-refractivity contribution is -0.136. The van der Waals surface area contributed by atoms with E-state index in [0.29, 0.717) is 17.7 Å². The van der Waals surface area contributed by atoms with E-state index in [9.17, 15) is 4.79 Å². The molecule has 1 heterocycles. The van der Waals surface area contributed by atoms with Gasteiger partial charge in [-0.2, -0.15) is 0 Å². The van der Waals surface area contributed by atoms with E-state index in [1.807, 2.05) is 0 Å². The van der Waals surface area contributed by atoms with Crippen molar-refractivity contribution < 1.29 is 9.90 Å². The van der Waals surface area contributed by atoms with Crippen LogP contribution in [0.15, 0.2) is 0 Å². The molecule has 4 nitrogen and oxygen atoms in total. The number of aromatic nitrogens is 2. The summed E-state index contributed by atoms with van der Waals surface area (Å²) < 4.78 is 0. The van der Waals surface area contributed by atoms with E-state index in [0.717, 1.165) is 5.69 Å². The van der Waals surface area contributed by atoms with Crippen LogP contribution in [0.5, 0.6) is 0 Å². The van der Waals surface area contributed by atoms with E-state index in [-0.39, 0.29) is 6.42 Å². The first-order chi connectivity index (χ1) is 8.08. The Balaban J connectivity index is 2.27. The zero-order valence-corrected chi connectivity index (χ0v) is 10.5. The van der Waals surface area contributed by atoms with Gasteiger partial charge in [0.15, 0.2) is 0 Å². The summed E-state index contributed by atoms with van der Waals surface area (Å²) in [6.07, 6.45) is 4.94. The number of carboxylic acids is 1. The second-order valence-corrected chi connectivity index (χ2v) is 5.19. The van der Waals surface area contributed by atoms with Crippen molar-refractivity contribution in [2.24, 2.45) is 0 Å². The molecule has 0 amide bonds. The number of hydrogen-bond donors (Lipinski definition) is 2. The van der Waals surface area contributed by atoms with Gasteiger partial charge in [-0.15, -0.1) is 0 Å². The topological polar surface area (TPSA) is 66.0 Å². The van der Waals surface area contributed by atoms with Crippen LogP contribution in [0.3, 0.4) is 0 Å². The number of nitrogens with zero attached hydrogens (tertiary/aromatic N) is 1. The molecule has 0 radical (unpaired) electrons. The fourth-order valence-electron chi connectivity index (χ4n) is 2.65. The predicted octanol–water partition coefficient (Wildman–Crippen LogP) is 2.82. The highest BCUT2D eigenvalue weighted by molar-refractivity contribution is 5.69. The van der Waals surface area contributed by atoms with Crippen molar-refractivity contribution in [3.05, 3.63) is 17.2 Å². The molecule has 1 aliphatic rings. The first-order valence-corrected chi connectivity index (χ1v) is 6.38. The third-order valence-electron chi connectivity index (χ3n) is 3.44. The number of carbonyl (C=O) groups is 1. The summed E-state index contributed by atoms with van der Waals surface area (Å²) in [6.45, 7) is 4.22. The first kappa shape index (κ1) is 12.1. The van der Waals surface area contributed by atoms with Gasteiger partial charge in [0.25, 0.3) is 0 Å². The van der Waals surface area contributed by atoms with Crippen molar-refractivity contribution in [2.75, 3.05) is 0 Å². The molecule has 0 bridgehead atoms. The van der Waals surface area contributed by atoms with Crippen molar-refractivity contribution >= 4 is 5.97 Å². The minimum atomic E-state index is -0.827. The molecule has 2 N–H and O–H groups in total. The van der Waals surface area contributed by atoms with Gasteiger partial charge in [-0.3, -0.25) is 4.79 Å². The molecule has 0 aromatic carbocycles. The Bertz CT molecular complexity index is 404. The van der Waals surface area contributed by atoms with Gasteiger partial charge < -0.3 is 10.1 Å². The maximum absolute atomic E-state index is 10.7. The molecule has 1 saturated carbocycles. The molecular weight excluding hydrogens is 216 g/mol. The van der Waals surface area contributed by atoms with Crippen LogP contribution in [0, 0.1) is 0 Å². The average molecular weight is 236 g/mol. The molecule has 1 fully saturated rings. The monoisotopic (exact) mass is 236 g/mol. The fourth-order valence-corrected chi connectivity index (χ4v) is 2.65. The van der Waals surface area contributed by atoms with Crippen LogP contribution in [0.2, 0.25) is 0 Å². The van der Waals surface area contributed by atoms with Gasteiger partial charge in [-0.1, -0.05) is 26.7 Å². The second kappa shape index (κ2) is 4.90. The standard InChI is InChI=1S/C13H20N2O2/c1-8(2)12-13(9-5-3-4-6-9)15-10(14-12)7-11(16)17/h8-9H,3-7H2,1-2H3,(H,14,15)(H,16,17). The second-order valence-electron chi connectivity index (χ2n) is 5.19. The Kier molecular flexibility index (Phi) is 3.50. The zero-order valence-electron chi connectivity index (χ0n) is 10.5. The summed E-state index contributed by atoms with van der Waals surface area (Å²) >= 11 is 0. The first-order valence-electron chi connectivity index (χ1n) is 6.38. The van der Waals surface area contributed by atoms with E-state index in [1.165, 1.54) is 31.4 Å². The fraction of sp³-hybridized carbons (Fsp3) is 0.692. The maximum Gasteiger partial charge on any atom is 0.311 e. The third-order valence-corrected chi connectivity index (χ3v) is 3.44. The Labute approximate surface area is 101 Å². The number of aromatic amines is 1. The Hall–Kier alpha value is -1.32. The van der Waals surface area contributed by atoms with E-state index >= 15 is 0 Å². The number of nitrogens with one attached hydrogen (secondary N) is 1. The van der Waals surface area contributed by atoms with E-state index < -0.39 is 5.97 Å². The van der Waals surface area contributed by atoms with Crippen molar-refractivity contribution in [3.63, 3.8) is 0 Å². The van der Waals surface area contributed by atoms with Crippen LogP contribution in [0.1, 0.15) is 68.6 Å². The number of aliphatic carboxylic acids is 1. The molecule has 0 unspecified atom stereocenters. The van der Waals surface area contributed by atoms with Crippen LogP contribution in [-0.2, 0) is 11.2 Å². The lowest BCUT2D eigenvalue weighted by atomic mass is 9.97. The summed E-state index contributed by atoms with van der Waals surface area (Å²) in [7, 11) is 0. The molecule has 2 rings (SSSR count). The molecule has 0 spiro atoms. The van der Waals surface area contributed by atoms with Gasteiger partial charge in [0, 0.05) is 11.6 Å². The predicted molar refractivity (Wildman–Crippen MR) is 65.2 cm³/mol. The van der Waals surface area contributed by atoms with Crippen LogP contribution in [0.25, 0.3) is 0 Å². The van der Waals surface area contributed by atoms with Crippen LogP contribution < -0.4 is 0 Å². The third kappa shape index (κ3) is 2.68. The molecule has 0 saturated heterocycles. The summed E-state index contributed by atoms with van der Waals surface area (Å²) in [6, 6.07) is 0. The Morgan fingerprint density at radius 1 is 1.47 bits per heavy atom. The lowest BCUT2D eigenvalue weighted by Gasteiger charge is -2.11. The molecule has 0 atom stereocenters. The number of rotatable bonds is 4. The molecule has 1 aliphatic carbocycles. The van der Waals surface area contributed by atoms with Crippen LogP contribution in [0.4, 0.5) is 0 Å². The molecule has 1 aromatic rings. The quantitative estimate of drug-likeness (QED) is 0.844. The van der Waals surface area contributed by atoms with Crippen molar-refractivity contribution in [3.8, 4) is 0 Å². The van der Waals surface area contributed by atoms with Crippen LogP contribution >= 0.6 is 0 Å². The van der Waals surface area contributed by atoms with E-state index in [2.05, 4.69) is 23.8 Å². The number of hydrogen-bond acceptors (Lipinski definition) is 2. The number of imidazole rings is 1.